The fourth-order valence-electron chi connectivity index (χ4n) is 1.47. The molecule has 1 atom stereocenters. The molecule has 0 aromatic heterocycles. The Balaban J connectivity index is 2.70. The first-order chi connectivity index (χ1) is 8.21. The smallest absolute Gasteiger partial charge is 0.241 e. The van der Waals surface area contributed by atoms with Crippen LogP contribution >= 0.6 is 11.8 Å². The second-order valence-electron chi connectivity index (χ2n) is 3.69. The van der Waals surface area contributed by atoms with Crippen molar-refractivity contribution in [3.05, 3.63) is 24.3 Å². The average Bonchev–Trinajstić information content (AvgIpc) is 2.36. The maximum atomic E-state index is 11.8. The Bertz CT molecular complexity index is 426. The van der Waals surface area contributed by atoms with E-state index in [4.69, 9.17) is 5.26 Å². The molecule has 1 aromatic carbocycles. The lowest BCUT2D eigenvalue weighted by Gasteiger charge is -2.09. The Hall–Kier alpha value is -1.47. The molecular weight excluding hydrogens is 232 g/mol. The van der Waals surface area contributed by atoms with E-state index in [0.717, 1.165) is 17.0 Å². The van der Waals surface area contributed by atoms with Crippen molar-refractivity contribution < 1.29 is 4.79 Å². The number of hydrogen-bond acceptors (Lipinski definition) is 3. The predicted octanol–water partition coefficient (Wildman–Crippen LogP) is 3.29. The highest BCUT2D eigenvalue weighted by molar-refractivity contribution is 7.98. The number of nitriles is 1. The SMILES string of the molecule is CCCC(C#N)C(=O)Nc1cccc(SC)c1. The second kappa shape index (κ2) is 6.97. The van der Waals surface area contributed by atoms with Crippen molar-refractivity contribution in [3.63, 3.8) is 0 Å². The summed E-state index contributed by atoms with van der Waals surface area (Å²) in [7, 11) is 0. The van der Waals surface area contributed by atoms with E-state index >= 15 is 0 Å². The van der Waals surface area contributed by atoms with Crippen molar-refractivity contribution in [2.24, 2.45) is 5.92 Å². The lowest BCUT2D eigenvalue weighted by Crippen LogP contribution is -2.21. The largest absolute Gasteiger partial charge is 0.325 e. The lowest BCUT2D eigenvalue weighted by molar-refractivity contribution is -0.118. The minimum atomic E-state index is -0.557. The van der Waals surface area contributed by atoms with Crippen molar-refractivity contribution >= 4 is 23.4 Å². The van der Waals surface area contributed by atoms with Gasteiger partial charge in [0, 0.05) is 10.6 Å². The zero-order valence-corrected chi connectivity index (χ0v) is 10.9. The number of nitrogens with one attached hydrogen (secondary N) is 1. The molecule has 1 amide bonds. The van der Waals surface area contributed by atoms with E-state index in [1.165, 1.54) is 0 Å². The van der Waals surface area contributed by atoms with Crippen LogP contribution in [-0.4, -0.2) is 12.2 Å². The van der Waals surface area contributed by atoms with Crippen LogP contribution in [0.25, 0.3) is 0 Å². The van der Waals surface area contributed by atoms with Crippen LogP contribution in [-0.2, 0) is 4.79 Å². The van der Waals surface area contributed by atoms with E-state index in [2.05, 4.69) is 5.32 Å². The monoisotopic (exact) mass is 248 g/mol. The molecule has 1 unspecified atom stereocenters. The van der Waals surface area contributed by atoms with Crippen LogP contribution in [0.15, 0.2) is 29.2 Å². The molecule has 0 aliphatic heterocycles. The fourth-order valence-corrected chi connectivity index (χ4v) is 1.93. The van der Waals surface area contributed by atoms with Gasteiger partial charge in [-0.15, -0.1) is 11.8 Å². The average molecular weight is 248 g/mol. The van der Waals surface area contributed by atoms with Crippen LogP contribution < -0.4 is 5.32 Å². The molecule has 4 heteroatoms. The van der Waals surface area contributed by atoms with Gasteiger partial charge in [-0.25, -0.2) is 0 Å². The molecule has 0 saturated heterocycles. The molecular formula is C13H16N2OS. The topological polar surface area (TPSA) is 52.9 Å². The van der Waals surface area contributed by atoms with Crippen LogP contribution in [0, 0.1) is 17.2 Å². The zero-order valence-electron chi connectivity index (χ0n) is 10.1. The van der Waals surface area contributed by atoms with Gasteiger partial charge in [0.1, 0.15) is 5.92 Å². The standard InChI is InChI=1S/C13H16N2OS/c1-3-5-10(9-14)13(16)15-11-6-4-7-12(8-11)17-2/h4,6-8,10H,3,5H2,1-2H3,(H,15,16). The van der Waals surface area contributed by atoms with Crippen molar-refractivity contribution in [2.75, 3.05) is 11.6 Å². The van der Waals surface area contributed by atoms with Crippen LogP contribution in [0.3, 0.4) is 0 Å². The number of anilines is 1. The maximum absolute atomic E-state index is 11.8. The summed E-state index contributed by atoms with van der Waals surface area (Å²) in [6, 6.07) is 9.64. The highest BCUT2D eigenvalue weighted by atomic mass is 32.2. The van der Waals surface area contributed by atoms with E-state index in [1.54, 1.807) is 11.8 Å². The number of carbonyl (C=O) groups excluding carboxylic acids is 1. The highest BCUT2D eigenvalue weighted by Crippen LogP contribution is 2.19. The number of hydrogen-bond donors (Lipinski definition) is 1. The van der Waals surface area contributed by atoms with Gasteiger partial charge in [-0.3, -0.25) is 4.79 Å². The van der Waals surface area contributed by atoms with Crippen molar-refractivity contribution in [2.45, 2.75) is 24.7 Å². The van der Waals surface area contributed by atoms with E-state index in [-0.39, 0.29) is 5.91 Å². The molecule has 0 spiro atoms. The van der Waals surface area contributed by atoms with E-state index in [1.807, 2.05) is 43.5 Å². The third kappa shape index (κ3) is 4.12. The Morgan fingerprint density at radius 3 is 2.94 bits per heavy atom. The Morgan fingerprint density at radius 1 is 1.59 bits per heavy atom. The van der Waals surface area contributed by atoms with Gasteiger partial charge < -0.3 is 5.32 Å². The molecule has 0 aliphatic rings. The van der Waals surface area contributed by atoms with Gasteiger partial charge in [0.05, 0.1) is 6.07 Å². The van der Waals surface area contributed by atoms with Gasteiger partial charge in [-0.1, -0.05) is 19.4 Å². The van der Waals surface area contributed by atoms with Gasteiger partial charge in [-0.2, -0.15) is 5.26 Å². The summed E-state index contributed by atoms with van der Waals surface area (Å²) in [4.78, 5) is 12.9. The van der Waals surface area contributed by atoms with E-state index in [9.17, 15) is 4.79 Å². The molecule has 1 rings (SSSR count). The summed E-state index contributed by atoms with van der Waals surface area (Å²) < 4.78 is 0. The quantitative estimate of drug-likeness (QED) is 0.813. The normalized spacial score (nSPS) is 11.6. The molecule has 1 aromatic rings. The summed E-state index contributed by atoms with van der Waals surface area (Å²) >= 11 is 1.62. The molecule has 0 aliphatic carbocycles. The first-order valence-electron chi connectivity index (χ1n) is 5.55. The third-order valence-electron chi connectivity index (χ3n) is 2.39. The minimum absolute atomic E-state index is 0.215. The molecule has 0 saturated carbocycles. The van der Waals surface area contributed by atoms with E-state index < -0.39 is 5.92 Å². The molecule has 3 nitrogen and oxygen atoms in total. The zero-order chi connectivity index (χ0) is 12.7. The maximum Gasteiger partial charge on any atom is 0.241 e. The summed E-state index contributed by atoms with van der Waals surface area (Å²) in [6.45, 7) is 1.96. The van der Waals surface area contributed by atoms with Gasteiger partial charge >= 0.3 is 0 Å². The summed E-state index contributed by atoms with van der Waals surface area (Å²) in [5, 5.41) is 11.7. The second-order valence-corrected chi connectivity index (χ2v) is 4.57. The Labute approximate surface area is 106 Å². The van der Waals surface area contributed by atoms with Crippen molar-refractivity contribution in [1.29, 1.82) is 5.26 Å². The molecule has 90 valence electrons. The number of thioether (sulfide) groups is 1. The molecule has 17 heavy (non-hydrogen) atoms. The van der Waals surface area contributed by atoms with Crippen LogP contribution in [0.4, 0.5) is 5.69 Å². The van der Waals surface area contributed by atoms with Gasteiger partial charge in [0.15, 0.2) is 0 Å². The Morgan fingerprint density at radius 2 is 2.35 bits per heavy atom. The Kier molecular flexibility index (Phi) is 5.58. The fraction of sp³-hybridized carbons (Fsp3) is 0.385. The number of benzene rings is 1. The van der Waals surface area contributed by atoms with Gasteiger partial charge in [0.25, 0.3) is 0 Å². The predicted molar refractivity (Wildman–Crippen MR) is 70.9 cm³/mol. The summed E-state index contributed by atoms with van der Waals surface area (Å²) in [6.07, 6.45) is 3.41. The summed E-state index contributed by atoms with van der Waals surface area (Å²) in [5.74, 6) is -0.773. The molecule has 0 radical (unpaired) electrons. The molecule has 0 heterocycles. The first kappa shape index (κ1) is 13.6. The third-order valence-corrected chi connectivity index (χ3v) is 3.11. The summed E-state index contributed by atoms with van der Waals surface area (Å²) in [5.41, 5.74) is 0.748. The van der Waals surface area contributed by atoms with Crippen molar-refractivity contribution in [1.82, 2.24) is 0 Å². The minimum Gasteiger partial charge on any atom is -0.325 e. The van der Waals surface area contributed by atoms with Crippen molar-refractivity contribution in [3.8, 4) is 6.07 Å². The van der Waals surface area contributed by atoms with Gasteiger partial charge in [0.2, 0.25) is 5.91 Å². The van der Waals surface area contributed by atoms with E-state index in [0.29, 0.717) is 6.42 Å². The number of nitrogens with zero attached hydrogens (tertiary/aromatic N) is 1. The lowest BCUT2D eigenvalue weighted by atomic mass is 10.0. The first-order valence-corrected chi connectivity index (χ1v) is 6.78. The van der Waals surface area contributed by atoms with Crippen LogP contribution in [0.2, 0.25) is 0 Å². The number of carbonyl (C=O) groups is 1. The van der Waals surface area contributed by atoms with Crippen LogP contribution in [0.1, 0.15) is 19.8 Å². The van der Waals surface area contributed by atoms with Gasteiger partial charge in [-0.05, 0) is 30.9 Å². The molecule has 1 N–H and O–H groups in total. The number of amides is 1. The molecule has 0 bridgehead atoms. The highest BCUT2D eigenvalue weighted by Gasteiger charge is 2.16. The number of rotatable bonds is 5. The van der Waals surface area contributed by atoms with Crippen LogP contribution in [0.5, 0.6) is 0 Å². The molecule has 0 fully saturated rings.